The van der Waals surface area contributed by atoms with Gasteiger partial charge in [-0.25, -0.2) is 8.78 Å². The summed E-state index contributed by atoms with van der Waals surface area (Å²) in [5.41, 5.74) is -0.0610. The molecule has 0 aliphatic carbocycles. The fourth-order valence-corrected chi connectivity index (χ4v) is 2.36. The van der Waals surface area contributed by atoms with Crippen LogP contribution in [0, 0.1) is 23.0 Å². The molecule has 102 valence electrons. The quantitative estimate of drug-likeness (QED) is 0.825. The fraction of sp³-hybridized carbons (Fsp3) is 0.500. The summed E-state index contributed by atoms with van der Waals surface area (Å²) in [6, 6.07) is 3.85. The number of benzene rings is 1. The molecule has 0 aromatic heterocycles. The lowest BCUT2D eigenvalue weighted by Crippen LogP contribution is -2.49. The zero-order valence-corrected chi connectivity index (χ0v) is 11.0. The van der Waals surface area contributed by atoms with E-state index in [1.807, 2.05) is 13.8 Å². The molecule has 0 saturated carbocycles. The molecule has 2 rings (SSSR count). The Labute approximate surface area is 111 Å². The van der Waals surface area contributed by atoms with Crippen LogP contribution < -0.4 is 4.90 Å². The Balaban J connectivity index is 2.42. The third kappa shape index (κ3) is 2.69. The number of rotatable bonds is 2. The van der Waals surface area contributed by atoms with E-state index in [-0.39, 0.29) is 23.4 Å². The van der Waals surface area contributed by atoms with Gasteiger partial charge >= 0.3 is 0 Å². The van der Waals surface area contributed by atoms with Crippen LogP contribution in [0.1, 0.15) is 25.8 Å². The lowest BCUT2D eigenvalue weighted by Gasteiger charge is -2.40. The smallest absolute Gasteiger partial charge is 0.150 e. The van der Waals surface area contributed by atoms with Crippen LogP contribution in [0.4, 0.5) is 14.5 Å². The maximum absolute atomic E-state index is 14.0. The molecule has 1 aliphatic heterocycles. The summed E-state index contributed by atoms with van der Waals surface area (Å²) in [4.78, 5) is 1.71. The first kappa shape index (κ1) is 13.8. The number of halogens is 2. The van der Waals surface area contributed by atoms with Crippen molar-refractivity contribution >= 4 is 5.69 Å². The van der Waals surface area contributed by atoms with E-state index in [1.54, 1.807) is 11.0 Å². The molecule has 0 amide bonds. The van der Waals surface area contributed by atoms with Crippen LogP contribution in [-0.2, 0) is 4.74 Å². The van der Waals surface area contributed by atoms with Crippen LogP contribution in [0.5, 0.6) is 0 Å². The molecule has 0 radical (unpaired) electrons. The van der Waals surface area contributed by atoms with Crippen molar-refractivity contribution in [3.8, 4) is 6.07 Å². The molecule has 1 aliphatic rings. The molecule has 2 atom stereocenters. The highest BCUT2D eigenvalue weighted by molar-refractivity contribution is 5.53. The average molecular weight is 266 g/mol. The van der Waals surface area contributed by atoms with Crippen LogP contribution in [0.3, 0.4) is 0 Å². The molecule has 2 unspecified atom stereocenters. The van der Waals surface area contributed by atoms with Gasteiger partial charge in [-0.05, 0) is 25.5 Å². The van der Waals surface area contributed by atoms with Crippen molar-refractivity contribution in [2.24, 2.45) is 0 Å². The fourth-order valence-electron chi connectivity index (χ4n) is 2.36. The van der Waals surface area contributed by atoms with E-state index in [0.717, 1.165) is 18.6 Å². The van der Waals surface area contributed by atoms with Crippen LogP contribution in [0.2, 0.25) is 0 Å². The maximum Gasteiger partial charge on any atom is 0.150 e. The van der Waals surface area contributed by atoms with Crippen molar-refractivity contribution in [2.75, 3.05) is 18.1 Å². The number of hydrogen-bond acceptors (Lipinski definition) is 3. The summed E-state index contributed by atoms with van der Waals surface area (Å²) in [6.07, 6.45) is 0.670. The normalized spacial score (nSPS) is 23.2. The summed E-state index contributed by atoms with van der Waals surface area (Å²) in [5.74, 6) is -1.38. The average Bonchev–Trinajstić information content (AvgIpc) is 2.38. The molecular formula is C14H16F2N2O. The Morgan fingerprint density at radius 2 is 2.05 bits per heavy atom. The first-order chi connectivity index (χ1) is 9.06. The van der Waals surface area contributed by atoms with E-state index >= 15 is 0 Å². The molecule has 1 aromatic rings. The van der Waals surface area contributed by atoms with Crippen LogP contribution in [-0.4, -0.2) is 25.3 Å². The van der Waals surface area contributed by atoms with Gasteiger partial charge in [0.15, 0.2) is 11.6 Å². The molecule has 1 heterocycles. The highest BCUT2D eigenvalue weighted by atomic mass is 19.1. The van der Waals surface area contributed by atoms with E-state index < -0.39 is 11.6 Å². The minimum atomic E-state index is -0.691. The number of nitriles is 1. The summed E-state index contributed by atoms with van der Waals surface area (Å²) < 4.78 is 33.6. The molecule has 5 heteroatoms. The number of hydrogen-bond donors (Lipinski definition) is 0. The number of anilines is 1. The number of nitrogens with zero attached hydrogens (tertiary/aromatic N) is 2. The van der Waals surface area contributed by atoms with Gasteiger partial charge in [0.25, 0.3) is 0 Å². The molecule has 19 heavy (non-hydrogen) atoms. The molecule has 1 aromatic carbocycles. The first-order valence-electron chi connectivity index (χ1n) is 6.34. The van der Waals surface area contributed by atoms with Gasteiger partial charge < -0.3 is 9.64 Å². The van der Waals surface area contributed by atoms with E-state index in [0.29, 0.717) is 13.2 Å². The Morgan fingerprint density at radius 3 is 2.58 bits per heavy atom. The molecule has 0 N–H and O–H groups in total. The molecule has 3 nitrogen and oxygen atoms in total. The minimum absolute atomic E-state index is 0.00638. The maximum atomic E-state index is 14.0. The highest BCUT2D eigenvalue weighted by Gasteiger charge is 2.29. The van der Waals surface area contributed by atoms with Crippen molar-refractivity contribution in [1.82, 2.24) is 0 Å². The summed E-state index contributed by atoms with van der Waals surface area (Å²) in [7, 11) is 0. The van der Waals surface area contributed by atoms with Crippen molar-refractivity contribution in [2.45, 2.75) is 32.4 Å². The summed E-state index contributed by atoms with van der Waals surface area (Å²) in [6.45, 7) is 4.73. The Kier molecular flexibility index (Phi) is 4.01. The Bertz CT molecular complexity index is 490. The Morgan fingerprint density at radius 1 is 1.42 bits per heavy atom. The first-order valence-corrected chi connectivity index (χ1v) is 6.34. The summed E-state index contributed by atoms with van der Waals surface area (Å²) in [5, 5.41) is 8.71. The lowest BCUT2D eigenvalue weighted by molar-refractivity contribution is 0.0294. The predicted molar refractivity (Wildman–Crippen MR) is 67.9 cm³/mol. The van der Waals surface area contributed by atoms with Gasteiger partial charge in [0.05, 0.1) is 30.4 Å². The predicted octanol–water partition coefficient (Wildman–Crippen LogP) is 2.84. The monoisotopic (exact) mass is 266 g/mol. The van der Waals surface area contributed by atoms with Gasteiger partial charge in [-0.2, -0.15) is 5.26 Å². The number of ether oxygens (including phenoxy) is 1. The van der Waals surface area contributed by atoms with E-state index in [4.69, 9.17) is 10.00 Å². The van der Waals surface area contributed by atoms with Crippen molar-refractivity contribution < 1.29 is 13.5 Å². The summed E-state index contributed by atoms with van der Waals surface area (Å²) >= 11 is 0. The minimum Gasteiger partial charge on any atom is -0.375 e. The standard InChI is InChI=1S/C14H16F2N2O/c1-3-11-8-19-9(2)7-18(11)14-12(15)4-10(6-17)5-13(14)16/h4-5,9,11H,3,7-8H2,1-2H3. The van der Waals surface area contributed by atoms with Crippen molar-refractivity contribution in [3.63, 3.8) is 0 Å². The van der Waals surface area contributed by atoms with Crippen LogP contribution >= 0.6 is 0 Å². The Hall–Kier alpha value is -1.67. The topological polar surface area (TPSA) is 36.3 Å². The molecule has 0 spiro atoms. The third-order valence-corrected chi connectivity index (χ3v) is 3.37. The van der Waals surface area contributed by atoms with Crippen LogP contribution in [0.25, 0.3) is 0 Å². The van der Waals surface area contributed by atoms with Gasteiger partial charge in [-0.1, -0.05) is 6.92 Å². The number of morpholine rings is 1. The van der Waals surface area contributed by atoms with Gasteiger partial charge in [0.2, 0.25) is 0 Å². The van der Waals surface area contributed by atoms with E-state index in [2.05, 4.69) is 0 Å². The molecule has 1 fully saturated rings. The third-order valence-electron chi connectivity index (χ3n) is 3.37. The van der Waals surface area contributed by atoms with Gasteiger partial charge in [0.1, 0.15) is 5.69 Å². The van der Waals surface area contributed by atoms with Crippen LogP contribution in [0.15, 0.2) is 12.1 Å². The second kappa shape index (κ2) is 5.54. The zero-order valence-electron chi connectivity index (χ0n) is 11.0. The lowest BCUT2D eigenvalue weighted by atomic mass is 10.1. The van der Waals surface area contributed by atoms with Crippen molar-refractivity contribution in [1.29, 1.82) is 5.26 Å². The zero-order chi connectivity index (χ0) is 14.0. The van der Waals surface area contributed by atoms with Gasteiger partial charge in [-0.3, -0.25) is 0 Å². The van der Waals surface area contributed by atoms with E-state index in [1.165, 1.54) is 0 Å². The van der Waals surface area contributed by atoms with E-state index in [9.17, 15) is 8.78 Å². The van der Waals surface area contributed by atoms with Crippen molar-refractivity contribution in [3.05, 3.63) is 29.3 Å². The van der Waals surface area contributed by atoms with Gasteiger partial charge in [0, 0.05) is 6.54 Å². The largest absolute Gasteiger partial charge is 0.375 e. The molecule has 1 saturated heterocycles. The van der Waals surface area contributed by atoms with Gasteiger partial charge in [-0.15, -0.1) is 0 Å². The highest BCUT2D eigenvalue weighted by Crippen LogP contribution is 2.29. The molecule has 0 bridgehead atoms. The second-order valence-corrected chi connectivity index (χ2v) is 4.76. The SMILES string of the molecule is CCC1COC(C)CN1c1c(F)cc(C#N)cc1F. The molecular weight excluding hydrogens is 250 g/mol. The second-order valence-electron chi connectivity index (χ2n) is 4.76.